The molecule has 1 aromatic carbocycles. The lowest BCUT2D eigenvalue weighted by Crippen LogP contribution is -2.41. The van der Waals surface area contributed by atoms with Crippen LogP contribution in [-0.2, 0) is 6.42 Å². The molecule has 1 rings (SSSR count). The smallest absolute Gasteiger partial charge is 0.0406 e. The minimum atomic E-state index is 0.0634. The van der Waals surface area contributed by atoms with Crippen LogP contribution in [-0.4, -0.2) is 22.4 Å². The van der Waals surface area contributed by atoms with Crippen LogP contribution in [0.15, 0.2) is 24.3 Å². The molecular weight excluding hydrogens is 254 g/mol. The highest BCUT2D eigenvalue weighted by Crippen LogP contribution is 2.15. The second kappa shape index (κ2) is 7.27. The van der Waals surface area contributed by atoms with Gasteiger partial charge >= 0.3 is 0 Å². The third-order valence-corrected chi connectivity index (χ3v) is 3.30. The Balaban J connectivity index is 2.40. The normalized spacial score (nSPS) is 11.8. The first kappa shape index (κ1) is 14.8. The molecule has 1 aromatic rings. The lowest BCUT2D eigenvalue weighted by molar-refractivity contribution is 0.387. The van der Waals surface area contributed by atoms with Gasteiger partial charge in [-0.15, -0.1) is 0 Å². The number of halogens is 1. The van der Waals surface area contributed by atoms with Gasteiger partial charge in [-0.05, 0) is 63.0 Å². The van der Waals surface area contributed by atoms with Crippen molar-refractivity contribution in [2.75, 3.05) is 12.3 Å². The SMILES string of the molecule is CC(C)(Cc1ccc(Cl)cc1)NCCCSO. The van der Waals surface area contributed by atoms with E-state index in [4.69, 9.17) is 16.2 Å². The second-order valence-electron chi connectivity index (χ2n) is 4.80. The van der Waals surface area contributed by atoms with Gasteiger partial charge in [-0.1, -0.05) is 23.7 Å². The summed E-state index contributed by atoms with van der Waals surface area (Å²) in [4.78, 5) is 0. The summed E-state index contributed by atoms with van der Waals surface area (Å²) in [5, 5.41) is 4.28. The summed E-state index contributed by atoms with van der Waals surface area (Å²) >= 11 is 6.76. The fraction of sp³-hybridized carbons (Fsp3) is 0.538. The zero-order valence-corrected chi connectivity index (χ0v) is 11.9. The summed E-state index contributed by atoms with van der Waals surface area (Å²) in [5.41, 5.74) is 1.34. The Morgan fingerprint density at radius 1 is 1.29 bits per heavy atom. The zero-order valence-electron chi connectivity index (χ0n) is 10.4. The predicted octanol–water partition coefficient (Wildman–Crippen LogP) is 3.85. The van der Waals surface area contributed by atoms with Crippen LogP contribution in [0.5, 0.6) is 0 Å². The Bertz CT molecular complexity index is 327. The summed E-state index contributed by atoms with van der Waals surface area (Å²) in [7, 11) is 0. The Morgan fingerprint density at radius 2 is 1.94 bits per heavy atom. The first-order valence-corrected chi connectivity index (χ1v) is 7.11. The van der Waals surface area contributed by atoms with Gasteiger partial charge in [0.25, 0.3) is 0 Å². The average Bonchev–Trinajstić information content (AvgIpc) is 2.27. The third kappa shape index (κ3) is 6.32. The molecule has 0 atom stereocenters. The monoisotopic (exact) mass is 273 g/mol. The van der Waals surface area contributed by atoms with Crippen LogP contribution in [0.3, 0.4) is 0 Å². The molecule has 0 aliphatic heterocycles. The molecule has 0 heterocycles. The van der Waals surface area contributed by atoms with E-state index in [2.05, 4.69) is 31.3 Å². The van der Waals surface area contributed by atoms with E-state index in [1.807, 2.05) is 12.1 Å². The topological polar surface area (TPSA) is 32.3 Å². The summed E-state index contributed by atoms with van der Waals surface area (Å²) in [6, 6.07) is 7.98. The van der Waals surface area contributed by atoms with Gasteiger partial charge in [0.1, 0.15) is 0 Å². The van der Waals surface area contributed by atoms with Crippen molar-refractivity contribution < 1.29 is 4.55 Å². The van der Waals surface area contributed by atoms with E-state index in [1.54, 1.807) is 0 Å². The van der Waals surface area contributed by atoms with Gasteiger partial charge in [0, 0.05) is 16.3 Å². The van der Waals surface area contributed by atoms with E-state index in [0.29, 0.717) is 0 Å². The Labute approximate surface area is 113 Å². The minimum absolute atomic E-state index is 0.0634. The number of nitrogens with one attached hydrogen (secondary N) is 1. The Morgan fingerprint density at radius 3 is 2.53 bits per heavy atom. The number of benzene rings is 1. The lowest BCUT2D eigenvalue weighted by atomic mass is 9.95. The van der Waals surface area contributed by atoms with E-state index < -0.39 is 0 Å². The molecule has 0 spiro atoms. The van der Waals surface area contributed by atoms with Crippen molar-refractivity contribution in [1.82, 2.24) is 5.32 Å². The zero-order chi connectivity index (χ0) is 12.7. The molecule has 4 heteroatoms. The molecule has 0 bridgehead atoms. The summed E-state index contributed by atoms with van der Waals surface area (Å²) in [6.07, 6.45) is 1.95. The van der Waals surface area contributed by atoms with Crippen LogP contribution in [0.25, 0.3) is 0 Å². The molecular formula is C13H20ClNOS. The molecule has 17 heavy (non-hydrogen) atoms. The molecule has 0 aliphatic rings. The van der Waals surface area contributed by atoms with Crippen molar-refractivity contribution in [3.05, 3.63) is 34.9 Å². The molecule has 0 saturated carbocycles. The van der Waals surface area contributed by atoms with Gasteiger partial charge in [0.05, 0.1) is 0 Å². The van der Waals surface area contributed by atoms with Crippen LogP contribution in [0.1, 0.15) is 25.8 Å². The van der Waals surface area contributed by atoms with Crippen LogP contribution < -0.4 is 5.32 Å². The Kier molecular flexibility index (Phi) is 6.34. The highest BCUT2D eigenvalue weighted by atomic mass is 35.5. The number of hydrogen-bond acceptors (Lipinski definition) is 3. The fourth-order valence-corrected chi connectivity index (χ4v) is 2.14. The molecule has 0 fully saturated rings. The van der Waals surface area contributed by atoms with Gasteiger partial charge in [0.2, 0.25) is 0 Å². The molecule has 0 radical (unpaired) electrons. The maximum absolute atomic E-state index is 8.63. The van der Waals surface area contributed by atoms with E-state index >= 15 is 0 Å². The maximum Gasteiger partial charge on any atom is 0.0406 e. The number of hydrogen-bond donors (Lipinski definition) is 2. The van der Waals surface area contributed by atoms with Crippen molar-refractivity contribution in [2.24, 2.45) is 0 Å². The summed E-state index contributed by atoms with van der Waals surface area (Å²) < 4.78 is 8.63. The van der Waals surface area contributed by atoms with Gasteiger partial charge in [-0.3, -0.25) is 0 Å². The first-order chi connectivity index (χ1) is 8.03. The first-order valence-electron chi connectivity index (χ1n) is 5.79. The quantitative estimate of drug-likeness (QED) is 0.585. The Hall–Kier alpha value is -0.220. The van der Waals surface area contributed by atoms with E-state index in [9.17, 15) is 0 Å². The van der Waals surface area contributed by atoms with Crippen molar-refractivity contribution in [3.63, 3.8) is 0 Å². The fourth-order valence-electron chi connectivity index (χ4n) is 1.74. The highest BCUT2D eigenvalue weighted by Gasteiger charge is 2.16. The van der Waals surface area contributed by atoms with Gasteiger partial charge in [0.15, 0.2) is 0 Å². The van der Waals surface area contributed by atoms with Crippen LogP contribution in [0.2, 0.25) is 5.02 Å². The molecule has 2 N–H and O–H groups in total. The molecule has 2 nitrogen and oxygen atoms in total. The van der Waals surface area contributed by atoms with E-state index in [1.165, 1.54) is 5.56 Å². The van der Waals surface area contributed by atoms with Crippen molar-refractivity contribution >= 4 is 23.6 Å². The predicted molar refractivity (Wildman–Crippen MR) is 76.9 cm³/mol. The lowest BCUT2D eigenvalue weighted by Gasteiger charge is -2.26. The second-order valence-corrected chi connectivity index (χ2v) is 5.90. The van der Waals surface area contributed by atoms with Gasteiger partial charge in [-0.25, -0.2) is 0 Å². The maximum atomic E-state index is 8.63. The summed E-state index contributed by atoms with van der Waals surface area (Å²) in [6.45, 7) is 5.30. The van der Waals surface area contributed by atoms with Crippen LogP contribution in [0, 0.1) is 0 Å². The highest BCUT2D eigenvalue weighted by molar-refractivity contribution is 7.93. The van der Waals surface area contributed by atoms with Gasteiger partial charge in [-0.2, -0.15) is 0 Å². The largest absolute Gasteiger partial charge is 0.330 e. The van der Waals surface area contributed by atoms with Crippen molar-refractivity contribution in [2.45, 2.75) is 32.2 Å². The molecule has 0 amide bonds. The standard InChI is InChI=1S/C13H20ClNOS/c1-13(2,15-8-3-9-17-16)10-11-4-6-12(14)7-5-11/h4-7,15-16H,3,8-10H2,1-2H3. The molecule has 96 valence electrons. The average molecular weight is 274 g/mol. The molecule has 0 saturated heterocycles. The molecule has 0 aliphatic carbocycles. The molecule has 0 aromatic heterocycles. The van der Waals surface area contributed by atoms with E-state index in [-0.39, 0.29) is 5.54 Å². The molecule has 0 unspecified atom stereocenters. The third-order valence-electron chi connectivity index (χ3n) is 2.58. The number of rotatable bonds is 7. The van der Waals surface area contributed by atoms with E-state index in [0.717, 1.165) is 42.2 Å². The van der Waals surface area contributed by atoms with Crippen molar-refractivity contribution in [3.8, 4) is 0 Å². The summed E-state index contributed by atoms with van der Waals surface area (Å²) in [5.74, 6) is 0.782. The van der Waals surface area contributed by atoms with Crippen LogP contribution in [0.4, 0.5) is 0 Å². The minimum Gasteiger partial charge on any atom is -0.330 e. The van der Waals surface area contributed by atoms with Gasteiger partial charge < -0.3 is 9.87 Å². The van der Waals surface area contributed by atoms with Crippen LogP contribution >= 0.6 is 23.6 Å². The van der Waals surface area contributed by atoms with Crippen molar-refractivity contribution in [1.29, 1.82) is 0 Å².